The molecule has 0 unspecified atom stereocenters. The standard InChI is InChI=1S/C21H26N4O/c1-15-3-2-4-19(23-15)20(16-5-6-16)24-18-9-13-25(14-10-18)21(26)17-7-11-22-12-8-17/h2-4,7-8,11-12,16,18,20,24H,5-6,9-10,13-14H2,1H3/t20-/m1/s1. The van der Waals surface area contributed by atoms with Gasteiger partial charge < -0.3 is 10.2 Å². The van der Waals surface area contributed by atoms with Crippen molar-refractivity contribution in [1.82, 2.24) is 20.2 Å². The lowest BCUT2D eigenvalue weighted by atomic mass is 10.00. The van der Waals surface area contributed by atoms with Crippen LogP contribution in [0.1, 0.15) is 53.5 Å². The summed E-state index contributed by atoms with van der Waals surface area (Å²) in [7, 11) is 0. The molecule has 1 N–H and O–H groups in total. The lowest BCUT2D eigenvalue weighted by Crippen LogP contribution is -2.46. The predicted octanol–water partition coefficient (Wildman–Crippen LogP) is 3.13. The fourth-order valence-corrected chi connectivity index (χ4v) is 3.81. The molecule has 1 saturated carbocycles. The third-order valence-corrected chi connectivity index (χ3v) is 5.45. The average molecular weight is 350 g/mol. The van der Waals surface area contributed by atoms with Crippen LogP contribution in [-0.4, -0.2) is 39.9 Å². The van der Waals surface area contributed by atoms with Crippen LogP contribution in [0.15, 0.2) is 42.7 Å². The van der Waals surface area contributed by atoms with Gasteiger partial charge in [-0.2, -0.15) is 0 Å². The Labute approximate surface area is 154 Å². The van der Waals surface area contributed by atoms with Crippen molar-refractivity contribution in [3.05, 3.63) is 59.7 Å². The molecule has 5 nitrogen and oxygen atoms in total. The number of aryl methyl sites for hydroxylation is 1. The smallest absolute Gasteiger partial charge is 0.253 e. The van der Waals surface area contributed by atoms with Crippen molar-refractivity contribution < 1.29 is 4.79 Å². The Balaban J connectivity index is 1.36. The van der Waals surface area contributed by atoms with Gasteiger partial charge in [-0.15, -0.1) is 0 Å². The highest BCUT2D eigenvalue weighted by Gasteiger charge is 2.35. The number of carbonyl (C=O) groups excluding carboxylic acids is 1. The molecule has 0 spiro atoms. The SMILES string of the molecule is Cc1cccc([C@H](NC2CCN(C(=O)c3ccncc3)CC2)C2CC2)n1. The average Bonchev–Trinajstić information content (AvgIpc) is 3.52. The molecule has 1 atom stereocenters. The first kappa shape index (κ1) is 17.2. The number of hydrogen-bond donors (Lipinski definition) is 1. The van der Waals surface area contributed by atoms with E-state index in [1.54, 1.807) is 24.5 Å². The Kier molecular flexibility index (Phi) is 4.98. The van der Waals surface area contributed by atoms with Crippen LogP contribution in [0.3, 0.4) is 0 Å². The van der Waals surface area contributed by atoms with Gasteiger partial charge in [-0.05, 0) is 62.8 Å². The first-order valence-corrected chi connectivity index (χ1v) is 9.59. The first-order chi connectivity index (χ1) is 12.7. The zero-order valence-electron chi connectivity index (χ0n) is 15.3. The minimum Gasteiger partial charge on any atom is -0.339 e. The number of pyridine rings is 2. The van der Waals surface area contributed by atoms with Gasteiger partial charge in [-0.3, -0.25) is 14.8 Å². The van der Waals surface area contributed by atoms with Crippen molar-refractivity contribution in [3.8, 4) is 0 Å². The molecule has 1 saturated heterocycles. The summed E-state index contributed by atoms with van der Waals surface area (Å²) in [5.41, 5.74) is 2.97. The molecular formula is C21H26N4O. The van der Waals surface area contributed by atoms with Crippen LogP contribution in [0.4, 0.5) is 0 Å². The lowest BCUT2D eigenvalue weighted by Gasteiger charge is -2.34. The van der Waals surface area contributed by atoms with E-state index >= 15 is 0 Å². The van der Waals surface area contributed by atoms with Crippen molar-refractivity contribution in [3.63, 3.8) is 0 Å². The topological polar surface area (TPSA) is 58.1 Å². The lowest BCUT2D eigenvalue weighted by molar-refractivity contribution is 0.0700. The highest BCUT2D eigenvalue weighted by molar-refractivity contribution is 5.94. The number of carbonyl (C=O) groups is 1. The van der Waals surface area contributed by atoms with E-state index in [1.165, 1.54) is 18.5 Å². The van der Waals surface area contributed by atoms with Gasteiger partial charge in [-0.25, -0.2) is 0 Å². The third-order valence-electron chi connectivity index (χ3n) is 5.45. The monoisotopic (exact) mass is 350 g/mol. The second-order valence-corrected chi connectivity index (χ2v) is 7.49. The van der Waals surface area contributed by atoms with Crippen LogP contribution >= 0.6 is 0 Å². The molecule has 0 bridgehead atoms. The van der Waals surface area contributed by atoms with E-state index in [0.717, 1.165) is 37.2 Å². The van der Waals surface area contributed by atoms with Crippen molar-refractivity contribution in [2.24, 2.45) is 5.92 Å². The second-order valence-electron chi connectivity index (χ2n) is 7.49. The van der Waals surface area contributed by atoms with Crippen LogP contribution in [0, 0.1) is 12.8 Å². The first-order valence-electron chi connectivity index (χ1n) is 9.59. The highest BCUT2D eigenvalue weighted by Crippen LogP contribution is 2.41. The largest absolute Gasteiger partial charge is 0.339 e. The van der Waals surface area contributed by atoms with E-state index in [0.29, 0.717) is 18.0 Å². The molecule has 5 heteroatoms. The van der Waals surface area contributed by atoms with E-state index in [4.69, 9.17) is 4.98 Å². The summed E-state index contributed by atoms with van der Waals surface area (Å²) in [6.07, 6.45) is 7.91. The maximum Gasteiger partial charge on any atom is 0.253 e. The van der Waals surface area contributed by atoms with E-state index in [2.05, 4.69) is 35.4 Å². The Hall–Kier alpha value is -2.27. The number of likely N-dealkylation sites (tertiary alicyclic amines) is 1. The second kappa shape index (κ2) is 7.54. The molecule has 1 amide bonds. The van der Waals surface area contributed by atoms with Gasteiger partial charge in [0.25, 0.3) is 5.91 Å². The van der Waals surface area contributed by atoms with E-state index in [-0.39, 0.29) is 5.91 Å². The molecule has 26 heavy (non-hydrogen) atoms. The molecule has 2 fully saturated rings. The van der Waals surface area contributed by atoms with Crippen LogP contribution < -0.4 is 5.32 Å². The molecule has 3 heterocycles. The summed E-state index contributed by atoms with van der Waals surface area (Å²) in [4.78, 5) is 23.3. The van der Waals surface area contributed by atoms with Gasteiger partial charge in [0.05, 0.1) is 11.7 Å². The number of hydrogen-bond acceptors (Lipinski definition) is 4. The zero-order valence-corrected chi connectivity index (χ0v) is 15.3. The molecule has 4 rings (SSSR count). The summed E-state index contributed by atoms with van der Waals surface area (Å²) in [5, 5.41) is 3.85. The maximum absolute atomic E-state index is 12.6. The molecule has 2 aromatic rings. The van der Waals surface area contributed by atoms with E-state index in [1.807, 2.05) is 4.90 Å². The third kappa shape index (κ3) is 3.93. The minimum atomic E-state index is 0.116. The van der Waals surface area contributed by atoms with Crippen molar-refractivity contribution in [2.75, 3.05) is 13.1 Å². The predicted molar refractivity (Wildman–Crippen MR) is 101 cm³/mol. The number of nitrogens with one attached hydrogen (secondary N) is 1. The number of rotatable bonds is 5. The number of piperidine rings is 1. The molecule has 136 valence electrons. The number of amides is 1. The summed E-state index contributed by atoms with van der Waals surface area (Å²) < 4.78 is 0. The quantitative estimate of drug-likeness (QED) is 0.900. The van der Waals surface area contributed by atoms with Gasteiger partial charge in [0.15, 0.2) is 0 Å². The van der Waals surface area contributed by atoms with Gasteiger partial charge in [0.2, 0.25) is 0 Å². The highest BCUT2D eigenvalue weighted by atomic mass is 16.2. The molecular weight excluding hydrogens is 324 g/mol. The summed E-state index contributed by atoms with van der Waals surface area (Å²) in [6.45, 7) is 3.66. The summed E-state index contributed by atoms with van der Waals surface area (Å²) >= 11 is 0. The van der Waals surface area contributed by atoms with E-state index in [9.17, 15) is 4.79 Å². The van der Waals surface area contributed by atoms with Crippen molar-refractivity contribution >= 4 is 5.91 Å². The van der Waals surface area contributed by atoms with Crippen LogP contribution in [0.2, 0.25) is 0 Å². The molecule has 1 aliphatic carbocycles. The minimum absolute atomic E-state index is 0.116. The molecule has 2 aliphatic rings. The Bertz CT molecular complexity index is 752. The van der Waals surface area contributed by atoms with Crippen LogP contribution in [0.5, 0.6) is 0 Å². The Morgan fingerprint density at radius 1 is 1.12 bits per heavy atom. The molecule has 0 radical (unpaired) electrons. The van der Waals surface area contributed by atoms with Gasteiger partial charge in [-0.1, -0.05) is 6.07 Å². The summed E-state index contributed by atoms with van der Waals surface area (Å²) in [6, 6.07) is 10.7. The fourth-order valence-electron chi connectivity index (χ4n) is 3.81. The molecule has 0 aromatic carbocycles. The Morgan fingerprint density at radius 2 is 1.85 bits per heavy atom. The van der Waals surface area contributed by atoms with Crippen molar-refractivity contribution in [2.45, 2.75) is 44.7 Å². The Morgan fingerprint density at radius 3 is 2.50 bits per heavy atom. The normalized spacial score (nSPS) is 19.3. The van der Waals surface area contributed by atoms with Gasteiger partial charge >= 0.3 is 0 Å². The molecule has 2 aromatic heterocycles. The molecule has 1 aliphatic heterocycles. The van der Waals surface area contributed by atoms with E-state index < -0.39 is 0 Å². The van der Waals surface area contributed by atoms with Crippen LogP contribution in [0.25, 0.3) is 0 Å². The maximum atomic E-state index is 12.6. The number of nitrogens with zero attached hydrogens (tertiary/aromatic N) is 3. The van der Waals surface area contributed by atoms with Gasteiger partial charge in [0, 0.05) is 42.8 Å². The summed E-state index contributed by atoms with van der Waals surface area (Å²) in [5.74, 6) is 0.825. The fraction of sp³-hybridized carbons (Fsp3) is 0.476. The number of aromatic nitrogens is 2. The van der Waals surface area contributed by atoms with Crippen LogP contribution in [-0.2, 0) is 0 Å². The zero-order chi connectivity index (χ0) is 17.9. The van der Waals surface area contributed by atoms with Gasteiger partial charge in [0.1, 0.15) is 0 Å². The van der Waals surface area contributed by atoms with Crippen molar-refractivity contribution in [1.29, 1.82) is 0 Å².